The van der Waals surface area contributed by atoms with Crippen molar-refractivity contribution in [3.8, 4) is 5.75 Å². The van der Waals surface area contributed by atoms with Crippen molar-refractivity contribution in [1.82, 2.24) is 0 Å². The monoisotopic (exact) mass is 481 g/mol. The van der Waals surface area contributed by atoms with Crippen LogP contribution in [0.15, 0.2) is 84.4 Å². The summed E-state index contributed by atoms with van der Waals surface area (Å²) in [6.45, 7) is 3.67. The van der Waals surface area contributed by atoms with Crippen molar-refractivity contribution in [2.24, 2.45) is 11.8 Å². The summed E-state index contributed by atoms with van der Waals surface area (Å²) in [5.74, 6) is -1.72. The Kier molecular flexibility index (Phi) is 5.32. The highest BCUT2D eigenvalue weighted by molar-refractivity contribution is 5.81. The van der Waals surface area contributed by atoms with E-state index in [9.17, 15) is 9.59 Å². The molecule has 1 saturated heterocycles. The minimum absolute atomic E-state index is 0.103. The highest BCUT2D eigenvalue weighted by Gasteiger charge is 2.64. The number of ether oxygens (including phenoxy) is 3. The van der Waals surface area contributed by atoms with Crippen LogP contribution in [0.5, 0.6) is 5.75 Å². The van der Waals surface area contributed by atoms with Gasteiger partial charge in [-0.2, -0.15) is 0 Å². The number of nitrogens with zero attached hydrogens (tertiary/aromatic N) is 1. The first-order chi connectivity index (χ1) is 17.4. The molecule has 0 spiro atoms. The molecular weight excluding hydrogens is 454 g/mol. The number of carbonyl (C=O) groups excluding carboxylic acids is 2. The van der Waals surface area contributed by atoms with Gasteiger partial charge < -0.3 is 19.1 Å². The van der Waals surface area contributed by atoms with E-state index in [4.69, 9.17) is 14.2 Å². The van der Waals surface area contributed by atoms with E-state index in [1.807, 2.05) is 56.3 Å². The van der Waals surface area contributed by atoms with Gasteiger partial charge in [0.05, 0.1) is 11.8 Å². The highest BCUT2D eigenvalue weighted by Crippen LogP contribution is 2.57. The molecule has 6 heteroatoms. The Hall–Kier alpha value is -4.06. The fraction of sp³-hybridized carbons (Fsp3) is 0.267. The molecule has 3 aromatic rings. The summed E-state index contributed by atoms with van der Waals surface area (Å²) in [6, 6.07) is 24.5. The Bertz CT molecular complexity index is 1300. The van der Waals surface area contributed by atoms with Gasteiger partial charge in [0, 0.05) is 17.1 Å². The molecule has 2 bridgehead atoms. The molecule has 2 unspecified atom stereocenters. The molecule has 6 rings (SSSR count). The molecule has 1 aliphatic heterocycles. The van der Waals surface area contributed by atoms with Crippen LogP contribution in [0.4, 0.5) is 17.1 Å². The Morgan fingerprint density at radius 1 is 0.944 bits per heavy atom. The lowest BCUT2D eigenvalue weighted by molar-refractivity contribution is -0.206. The molecule has 0 N–H and O–H groups in total. The van der Waals surface area contributed by atoms with Gasteiger partial charge in [-0.05, 0) is 80.3 Å². The number of allylic oxidation sites excluding steroid dienone is 1. The molecule has 1 heterocycles. The van der Waals surface area contributed by atoms with Gasteiger partial charge in [0.1, 0.15) is 5.75 Å². The first-order valence-electron chi connectivity index (χ1n) is 12.2. The Balaban J connectivity index is 1.21. The number of carbonyl (C=O) groups is 2. The molecule has 182 valence electrons. The van der Waals surface area contributed by atoms with Gasteiger partial charge in [0.2, 0.25) is 0 Å². The third kappa shape index (κ3) is 3.73. The zero-order chi connectivity index (χ0) is 24.9. The lowest BCUT2D eigenvalue weighted by Crippen LogP contribution is -2.39. The lowest BCUT2D eigenvalue weighted by Gasteiger charge is -2.28. The third-order valence-corrected chi connectivity index (χ3v) is 7.27. The summed E-state index contributed by atoms with van der Waals surface area (Å²) in [5.41, 5.74) is 6.03. The number of anilines is 3. The van der Waals surface area contributed by atoms with Gasteiger partial charge in [-0.15, -0.1) is 0 Å². The molecule has 0 radical (unpaired) electrons. The molecule has 1 saturated carbocycles. The minimum atomic E-state index is -1.24. The topological polar surface area (TPSA) is 65.1 Å². The average molecular weight is 482 g/mol. The third-order valence-electron chi connectivity index (χ3n) is 7.27. The molecule has 36 heavy (non-hydrogen) atoms. The van der Waals surface area contributed by atoms with Crippen LogP contribution in [0.1, 0.15) is 24.0 Å². The van der Waals surface area contributed by atoms with E-state index in [2.05, 4.69) is 41.3 Å². The number of para-hydroxylation sites is 2. The minimum Gasteiger partial charge on any atom is -0.481 e. The molecular formula is C30H27NO5. The predicted octanol–water partition coefficient (Wildman–Crippen LogP) is 5.91. The average Bonchev–Trinajstić information content (AvgIpc) is 3.47. The summed E-state index contributed by atoms with van der Waals surface area (Å²) < 4.78 is 17.1. The van der Waals surface area contributed by atoms with E-state index >= 15 is 0 Å². The van der Waals surface area contributed by atoms with Crippen LogP contribution in [0.25, 0.3) is 0 Å². The molecule has 0 aromatic heterocycles. The number of rotatable bonds is 7. The maximum absolute atomic E-state index is 12.7. The first kappa shape index (κ1) is 22.4. The van der Waals surface area contributed by atoms with Crippen molar-refractivity contribution >= 4 is 29.0 Å². The number of fused-ring (bicyclic) bond motifs is 1. The Morgan fingerprint density at radius 3 is 2.14 bits per heavy atom. The van der Waals surface area contributed by atoms with Crippen molar-refractivity contribution in [3.05, 3.63) is 95.6 Å². The maximum Gasteiger partial charge on any atom is 0.347 e. The van der Waals surface area contributed by atoms with E-state index in [1.165, 1.54) is 0 Å². The van der Waals surface area contributed by atoms with Crippen LogP contribution in [0.3, 0.4) is 0 Å². The van der Waals surface area contributed by atoms with Crippen LogP contribution in [-0.4, -0.2) is 24.3 Å². The van der Waals surface area contributed by atoms with Crippen LogP contribution in [0.2, 0.25) is 0 Å². The quantitative estimate of drug-likeness (QED) is 0.309. The maximum atomic E-state index is 12.7. The number of hydrogen-bond acceptors (Lipinski definition) is 6. The molecule has 3 atom stereocenters. The van der Waals surface area contributed by atoms with Crippen LogP contribution >= 0.6 is 0 Å². The zero-order valence-corrected chi connectivity index (χ0v) is 20.3. The van der Waals surface area contributed by atoms with E-state index < -0.39 is 11.8 Å². The number of benzene rings is 3. The van der Waals surface area contributed by atoms with Gasteiger partial charge in [-0.25, -0.2) is 4.79 Å². The van der Waals surface area contributed by atoms with Gasteiger partial charge in [0.15, 0.2) is 6.61 Å². The molecule has 0 amide bonds. The summed E-state index contributed by atoms with van der Waals surface area (Å²) >= 11 is 0. The van der Waals surface area contributed by atoms with Crippen molar-refractivity contribution in [1.29, 1.82) is 0 Å². The first-order valence-corrected chi connectivity index (χ1v) is 12.2. The summed E-state index contributed by atoms with van der Waals surface area (Å²) in [5, 5.41) is 0. The fourth-order valence-corrected chi connectivity index (χ4v) is 5.80. The largest absolute Gasteiger partial charge is 0.481 e. The standard InChI is InChI=1S/C30H27NO5/c1-19-13-24(31(22-9-5-3-6-10-22)23-11-7-4-8-12-23)14-20(2)28(19)34-18-27(32)35-30-17-21-15-25(26(30)16-21)29(33)36-30/h3-14,17,25-26H,15-16,18H2,1-2H3/t25?,26?,30-/m1/s1. The van der Waals surface area contributed by atoms with Crippen LogP contribution in [0, 0.1) is 25.7 Å². The van der Waals surface area contributed by atoms with Crippen molar-refractivity contribution in [3.63, 3.8) is 0 Å². The normalized spacial score (nSPS) is 23.3. The second-order valence-electron chi connectivity index (χ2n) is 9.74. The Morgan fingerprint density at radius 2 is 1.56 bits per heavy atom. The second-order valence-corrected chi connectivity index (χ2v) is 9.74. The van der Waals surface area contributed by atoms with Crippen molar-refractivity contribution in [2.75, 3.05) is 11.5 Å². The van der Waals surface area contributed by atoms with Crippen molar-refractivity contribution < 1.29 is 23.8 Å². The molecule has 3 aliphatic rings. The molecule has 3 aromatic carbocycles. The van der Waals surface area contributed by atoms with Crippen molar-refractivity contribution in [2.45, 2.75) is 32.5 Å². The molecule has 2 aliphatic carbocycles. The van der Waals surface area contributed by atoms with E-state index in [-0.39, 0.29) is 24.4 Å². The van der Waals surface area contributed by atoms with E-state index in [1.54, 1.807) is 0 Å². The molecule has 2 fully saturated rings. The van der Waals surface area contributed by atoms with Crippen LogP contribution < -0.4 is 9.64 Å². The summed E-state index contributed by atoms with van der Waals surface area (Å²) in [4.78, 5) is 27.1. The second kappa shape index (κ2) is 8.55. The van der Waals surface area contributed by atoms with Gasteiger partial charge >= 0.3 is 11.9 Å². The fourth-order valence-electron chi connectivity index (χ4n) is 5.80. The number of aryl methyl sites for hydroxylation is 2. The van der Waals surface area contributed by atoms with Crippen LogP contribution in [-0.2, 0) is 19.1 Å². The van der Waals surface area contributed by atoms with E-state index in [0.29, 0.717) is 12.2 Å². The highest BCUT2D eigenvalue weighted by atomic mass is 16.7. The molecule has 6 nitrogen and oxygen atoms in total. The Labute approximate surface area is 210 Å². The predicted molar refractivity (Wildman–Crippen MR) is 135 cm³/mol. The summed E-state index contributed by atoms with van der Waals surface area (Å²) in [6.07, 6.45) is 3.28. The van der Waals surface area contributed by atoms with Gasteiger partial charge in [-0.1, -0.05) is 42.0 Å². The van der Waals surface area contributed by atoms with Gasteiger partial charge in [-0.3, -0.25) is 4.79 Å². The number of hydrogen-bond donors (Lipinski definition) is 0. The van der Waals surface area contributed by atoms with Gasteiger partial charge in [0.25, 0.3) is 5.79 Å². The van der Waals surface area contributed by atoms with E-state index in [0.717, 1.165) is 40.2 Å². The number of esters is 2. The smallest absolute Gasteiger partial charge is 0.347 e. The lowest BCUT2D eigenvalue weighted by atomic mass is 9.91. The zero-order valence-electron chi connectivity index (χ0n) is 20.3. The summed E-state index contributed by atoms with van der Waals surface area (Å²) in [7, 11) is 0. The SMILES string of the molecule is Cc1cc(N(c2ccccc2)c2ccccc2)cc(C)c1OCC(=O)O[C@]12C=C3CC(C(=O)O1)C2C3.